The fourth-order valence-corrected chi connectivity index (χ4v) is 5.41. The lowest BCUT2D eigenvalue weighted by molar-refractivity contribution is 0.0192. The van der Waals surface area contributed by atoms with Crippen LogP contribution in [0.1, 0.15) is 17.6 Å². The van der Waals surface area contributed by atoms with E-state index in [2.05, 4.69) is 26.9 Å². The topological polar surface area (TPSA) is 74.9 Å². The van der Waals surface area contributed by atoms with Gasteiger partial charge in [-0.25, -0.2) is 4.98 Å². The van der Waals surface area contributed by atoms with Gasteiger partial charge in [0.05, 0.1) is 20.9 Å². The Hall–Kier alpha value is -2.49. The molecule has 184 valence electrons. The van der Waals surface area contributed by atoms with E-state index in [0.29, 0.717) is 17.6 Å². The Balaban J connectivity index is 1.09. The van der Waals surface area contributed by atoms with Crippen molar-refractivity contribution in [2.45, 2.75) is 32.5 Å². The summed E-state index contributed by atoms with van der Waals surface area (Å²) in [7, 11) is 0. The molecule has 0 saturated carbocycles. The van der Waals surface area contributed by atoms with Crippen molar-refractivity contribution in [2.24, 2.45) is 0 Å². The lowest BCUT2D eigenvalue weighted by atomic mass is 10.1. The molecule has 1 aliphatic heterocycles. The van der Waals surface area contributed by atoms with Gasteiger partial charge in [-0.15, -0.1) is 11.3 Å². The molecular weight excluding hydrogens is 484 g/mol. The van der Waals surface area contributed by atoms with E-state index in [-0.39, 0.29) is 6.61 Å². The first-order chi connectivity index (χ1) is 16.9. The Labute approximate surface area is 213 Å². The highest BCUT2D eigenvalue weighted by Gasteiger charge is 2.26. The molecule has 2 aromatic heterocycles. The molecule has 1 aliphatic rings. The average Bonchev–Trinajstić information content (AvgIpc) is 3.45. The maximum Gasteiger partial charge on any atom is 0.167 e. The van der Waals surface area contributed by atoms with Gasteiger partial charge in [0, 0.05) is 61.5 Å². The molecule has 9 heteroatoms. The van der Waals surface area contributed by atoms with Crippen LogP contribution in [-0.2, 0) is 6.54 Å². The minimum absolute atomic E-state index is 0.258. The number of rotatable bonds is 8. The number of benzene rings is 2. The number of piperazine rings is 1. The third kappa shape index (κ3) is 6.02. The third-order valence-corrected chi connectivity index (χ3v) is 7.48. The van der Waals surface area contributed by atoms with Crippen molar-refractivity contribution < 1.29 is 14.4 Å². The maximum absolute atomic E-state index is 10.6. The molecule has 0 radical (unpaired) electrons. The largest absolute Gasteiger partial charge is 0.491 e. The minimum Gasteiger partial charge on any atom is -0.491 e. The van der Waals surface area contributed by atoms with E-state index in [0.717, 1.165) is 64.2 Å². The SMILES string of the molecule is Cc1nc2cc(OC[C@@H](O)CN3CCN(Cc4cc(-c5ccc(Cl)cc5)on4)C[C@@H]3C)ccc2s1. The van der Waals surface area contributed by atoms with Crippen molar-refractivity contribution in [1.82, 2.24) is 19.9 Å². The van der Waals surface area contributed by atoms with Gasteiger partial charge in [-0.05, 0) is 50.2 Å². The van der Waals surface area contributed by atoms with E-state index in [9.17, 15) is 5.11 Å². The minimum atomic E-state index is -0.561. The summed E-state index contributed by atoms with van der Waals surface area (Å²) in [6.07, 6.45) is -0.561. The van der Waals surface area contributed by atoms with Crippen LogP contribution in [0.2, 0.25) is 5.02 Å². The number of halogens is 1. The first-order valence-corrected chi connectivity index (χ1v) is 13.0. The molecule has 2 atom stereocenters. The smallest absolute Gasteiger partial charge is 0.167 e. The summed E-state index contributed by atoms with van der Waals surface area (Å²) in [5.41, 5.74) is 2.82. The summed E-state index contributed by atoms with van der Waals surface area (Å²) in [5.74, 6) is 1.49. The van der Waals surface area contributed by atoms with Crippen LogP contribution in [0.5, 0.6) is 5.75 Å². The fraction of sp³-hybridized carbons (Fsp3) is 0.385. The van der Waals surface area contributed by atoms with Crippen LogP contribution in [0.25, 0.3) is 21.5 Å². The van der Waals surface area contributed by atoms with E-state index in [1.807, 2.05) is 55.5 Å². The van der Waals surface area contributed by atoms with Gasteiger partial charge in [0.1, 0.15) is 18.5 Å². The number of hydrogen-bond donors (Lipinski definition) is 1. The molecule has 2 aromatic carbocycles. The first kappa shape index (κ1) is 24.2. The van der Waals surface area contributed by atoms with Crippen molar-refractivity contribution >= 4 is 33.2 Å². The third-order valence-electron chi connectivity index (χ3n) is 6.28. The zero-order valence-corrected chi connectivity index (χ0v) is 21.4. The second-order valence-corrected chi connectivity index (χ2v) is 10.8. The van der Waals surface area contributed by atoms with Crippen molar-refractivity contribution in [3.8, 4) is 17.1 Å². The van der Waals surface area contributed by atoms with Gasteiger partial charge in [0.2, 0.25) is 0 Å². The van der Waals surface area contributed by atoms with Crippen LogP contribution < -0.4 is 4.74 Å². The predicted octanol–water partition coefficient (Wildman–Crippen LogP) is 4.86. The fourth-order valence-electron chi connectivity index (χ4n) is 4.48. The molecule has 7 nitrogen and oxygen atoms in total. The highest BCUT2D eigenvalue weighted by atomic mass is 35.5. The molecule has 1 fully saturated rings. The standard InChI is InChI=1S/C26H29ClN4O3S/c1-17-13-30(14-21-11-25(34-29-21)19-3-5-20(27)6-4-19)9-10-31(17)15-22(32)16-33-23-7-8-26-24(12-23)28-18(2)35-26/h3-8,11-12,17,22,32H,9-10,13-16H2,1-2H3/t17-,22-/m0/s1. The van der Waals surface area contributed by atoms with Gasteiger partial charge in [-0.1, -0.05) is 16.8 Å². The van der Waals surface area contributed by atoms with E-state index < -0.39 is 6.10 Å². The number of thiazole rings is 1. The van der Waals surface area contributed by atoms with Gasteiger partial charge in [0.15, 0.2) is 5.76 Å². The summed E-state index contributed by atoms with van der Waals surface area (Å²) >= 11 is 7.64. The number of nitrogens with zero attached hydrogens (tertiary/aromatic N) is 4. The average molecular weight is 513 g/mol. The quantitative estimate of drug-likeness (QED) is 0.361. The van der Waals surface area contributed by atoms with Crippen molar-refractivity contribution in [3.63, 3.8) is 0 Å². The molecule has 0 unspecified atom stereocenters. The monoisotopic (exact) mass is 512 g/mol. The van der Waals surface area contributed by atoms with Crippen LogP contribution in [0.4, 0.5) is 0 Å². The molecule has 3 heterocycles. The molecule has 5 rings (SSSR count). The zero-order chi connectivity index (χ0) is 24.4. The summed E-state index contributed by atoms with van der Waals surface area (Å²) in [5, 5.41) is 16.6. The number of fused-ring (bicyclic) bond motifs is 1. The Morgan fingerprint density at radius 3 is 2.83 bits per heavy atom. The second-order valence-electron chi connectivity index (χ2n) is 9.10. The predicted molar refractivity (Wildman–Crippen MR) is 139 cm³/mol. The molecule has 0 spiro atoms. The molecule has 1 N–H and O–H groups in total. The molecule has 0 amide bonds. The van der Waals surface area contributed by atoms with Crippen molar-refractivity contribution in [2.75, 3.05) is 32.8 Å². The van der Waals surface area contributed by atoms with E-state index in [1.165, 1.54) is 0 Å². The zero-order valence-electron chi connectivity index (χ0n) is 19.9. The number of hydrogen-bond acceptors (Lipinski definition) is 8. The van der Waals surface area contributed by atoms with Crippen LogP contribution in [-0.4, -0.2) is 70.0 Å². The highest BCUT2D eigenvalue weighted by molar-refractivity contribution is 7.18. The molecule has 0 aliphatic carbocycles. The Kier molecular flexibility index (Phi) is 7.36. The summed E-state index contributed by atoms with van der Waals surface area (Å²) in [4.78, 5) is 9.20. The first-order valence-electron chi connectivity index (χ1n) is 11.8. The number of ether oxygens (including phenoxy) is 1. The molecule has 1 saturated heterocycles. The van der Waals surface area contributed by atoms with Gasteiger partial charge in [-0.3, -0.25) is 9.80 Å². The highest BCUT2D eigenvalue weighted by Crippen LogP contribution is 2.26. The van der Waals surface area contributed by atoms with E-state index in [4.69, 9.17) is 20.9 Å². The van der Waals surface area contributed by atoms with Crippen LogP contribution in [0.3, 0.4) is 0 Å². The Bertz CT molecular complexity index is 1280. The van der Waals surface area contributed by atoms with Crippen LogP contribution >= 0.6 is 22.9 Å². The summed E-state index contributed by atoms with van der Waals surface area (Å²) in [6.45, 7) is 8.45. The van der Waals surface area contributed by atoms with Gasteiger partial charge >= 0.3 is 0 Å². The summed E-state index contributed by atoms with van der Waals surface area (Å²) in [6, 6.07) is 15.8. The number of β-amino-alcohol motifs (C(OH)–C–C–N with tert-alkyl or cyclic N) is 1. The lowest BCUT2D eigenvalue weighted by Gasteiger charge is -2.40. The Morgan fingerprint density at radius 2 is 2.03 bits per heavy atom. The van der Waals surface area contributed by atoms with Gasteiger partial charge in [-0.2, -0.15) is 0 Å². The molecule has 0 bridgehead atoms. The molecule has 35 heavy (non-hydrogen) atoms. The number of aryl methyl sites for hydroxylation is 1. The maximum atomic E-state index is 10.6. The van der Waals surface area contributed by atoms with E-state index >= 15 is 0 Å². The Morgan fingerprint density at radius 1 is 1.20 bits per heavy atom. The molecule has 4 aromatic rings. The molecular formula is C26H29ClN4O3S. The summed E-state index contributed by atoms with van der Waals surface area (Å²) < 4.78 is 12.5. The van der Waals surface area contributed by atoms with E-state index in [1.54, 1.807) is 11.3 Å². The van der Waals surface area contributed by atoms with Crippen molar-refractivity contribution in [1.29, 1.82) is 0 Å². The van der Waals surface area contributed by atoms with Crippen molar-refractivity contribution in [3.05, 3.63) is 64.3 Å². The van der Waals surface area contributed by atoms with Crippen LogP contribution in [0.15, 0.2) is 53.1 Å². The second kappa shape index (κ2) is 10.6. The lowest BCUT2D eigenvalue weighted by Crippen LogP contribution is -2.53. The normalized spacial score (nSPS) is 18.2. The number of aliphatic hydroxyl groups excluding tert-OH is 1. The number of aliphatic hydroxyl groups is 1. The van der Waals surface area contributed by atoms with Crippen LogP contribution in [0, 0.1) is 6.92 Å². The van der Waals surface area contributed by atoms with Gasteiger partial charge in [0.25, 0.3) is 0 Å². The number of aromatic nitrogens is 2. The van der Waals surface area contributed by atoms with Gasteiger partial charge < -0.3 is 14.4 Å².